The van der Waals surface area contributed by atoms with Crippen molar-refractivity contribution in [2.24, 2.45) is 5.73 Å². The van der Waals surface area contributed by atoms with E-state index in [0.717, 1.165) is 36.3 Å². The number of nitrogens with two attached hydrogens (primary N) is 1. The molecule has 0 amide bonds. The summed E-state index contributed by atoms with van der Waals surface area (Å²) in [4.78, 5) is 8.95. The number of thiazole rings is 1. The zero-order valence-electron chi connectivity index (χ0n) is 11.3. The highest BCUT2D eigenvalue weighted by Crippen LogP contribution is 2.36. The van der Waals surface area contributed by atoms with Crippen LogP contribution in [0.2, 0.25) is 0 Å². The Morgan fingerprint density at radius 2 is 2.10 bits per heavy atom. The first-order valence-electron chi connectivity index (χ1n) is 6.86. The van der Waals surface area contributed by atoms with Gasteiger partial charge in [-0.3, -0.25) is 0 Å². The molecule has 1 aliphatic rings. The summed E-state index contributed by atoms with van der Waals surface area (Å²) in [5.41, 5.74) is 7.52. The second-order valence-corrected chi connectivity index (χ2v) is 6.19. The molecule has 108 valence electrons. The zero-order chi connectivity index (χ0) is 14.3. The highest BCUT2D eigenvalue weighted by atomic mass is 32.1. The van der Waals surface area contributed by atoms with E-state index in [9.17, 15) is 0 Å². The van der Waals surface area contributed by atoms with Crippen LogP contribution in [0.15, 0.2) is 32.9 Å². The number of aromatic nitrogens is 3. The summed E-state index contributed by atoms with van der Waals surface area (Å²) < 4.78 is 10.4. The van der Waals surface area contributed by atoms with Crippen LogP contribution in [0.25, 0.3) is 22.2 Å². The zero-order valence-corrected chi connectivity index (χ0v) is 12.1. The fourth-order valence-electron chi connectivity index (χ4n) is 2.65. The van der Waals surface area contributed by atoms with Crippen LogP contribution in [0.3, 0.4) is 0 Å². The van der Waals surface area contributed by atoms with Gasteiger partial charge in [0, 0.05) is 10.9 Å². The smallest absolute Gasteiger partial charge is 0.277 e. The Kier molecular flexibility index (Phi) is 2.90. The topological polar surface area (TPSA) is 91.0 Å². The van der Waals surface area contributed by atoms with Crippen LogP contribution in [0.1, 0.15) is 31.5 Å². The van der Waals surface area contributed by atoms with Gasteiger partial charge in [0.25, 0.3) is 5.89 Å². The lowest BCUT2D eigenvalue weighted by molar-refractivity contribution is 0.372. The van der Waals surface area contributed by atoms with Gasteiger partial charge >= 0.3 is 0 Å². The molecule has 0 spiro atoms. The molecule has 3 heterocycles. The van der Waals surface area contributed by atoms with Crippen LogP contribution < -0.4 is 5.73 Å². The molecule has 3 aromatic rings. The average Bonchev–Trinajstić information content (AvgIpc) is 3.25. The van der Waals surface area contributed by atoms with Gasteiger partial charge in [0.2, 0.25) is 0 Å². The lowest BCUT2D eigenvalue weighted by Gasteiger charge is -2.17. The van der Waals surface area contributed by atoms with E-state index in [1.54, 1.807) is 12.5 Å². The largest absolute Gasteiger partial charge is 0.472 e. The normalized spacial score (nSPS) is 17.4. The van der Waals surface area contributed by atoms with Crippen molar-refractivity contribution in [3.8, 4) is 22.2 Å². The van der Waals surface area contributed by atoms with Crippen molar-refractivity contribution < 1.29 is 8.94 Å². The molecule has 1 aliphatic carbocycles. The number of furan rings is 1. The third-order valence-electron chi connectivity index (χ3n) is 3.86. The van der Waals surface area contributed by atoms with Crippen molar-refractivity contribution in [1.82, 2.24) is 15.1 Å². The second-order valence-electron chi connectivity index (χ2n) is 5.34. The predicted octanol–water partition coefficient (Wildman–Crippen LogP) is 3.18. The average molecular weight is 302 g/mol. The molecule has 21 heavy (non-hydrogen) atoms. The van der Waals surface area contributed by atoms with Gasteiger partial charge in [0.15, 0.2) is 5.82 Å². The summed E-state index contributed by atoms with van der Waals surface area (Å²) in [7, 11) is 0. The van der Waals surface area contributed by atoms with E-state index in [0.29, 0.717) is 17.4 Å². The maximum Gasteiger partial charge on any atom is 0.277 e. The first kappa shape index (κ1) is 12.7. The summed E-state index contributed by atoms with van der Waals surface area (Å²) >= 11 is 1.51. The van der Waals surface area contributed by atoms with E-state index in [-0.39, 0.29) is 0 Å². The van der Waals surface area contributed by atoms with E-state index in [4.69, 9.17) is 14.7 Å². The van der Waals surface area contributed by atoms with Crippen LogP contribution in [-0.2, 0) is 5.54 Å². The molecule has 0 atom stereocenters. The Hall–Kier alpha value is -1.99. The van der Waals surface area contributed by atoms with Gasteiger partial charge < -0.3 is 14.7 Å². The van der Waals surface area contributed by atoms with Crippen molar-refractivity contribution in [2.45, 2.75) is 31.2 Å². The predicted molar refractivity (Wildman–Crippen MR) is 77.4 cm³/mol. The van der Waals surface area contributed by atoms with Crippen molar-refractivity contribution in [3.05, 3.63) is 29.8 Å². The van der Waals surface area contributed by atoms with Gasteiger partial charge in [-0.15, -0.1) is 11.3 Å². The molecule has 0 radical (unpaired) electrons. The highest BCUT2D eigenvalue weighted by molar-refractivity contribution is 7.13. The number of rotatable bonds is 3. The quantitative estimate of drug-likeness (QED) is 0.799. The molecule has 3 aromatic heterocycles. The molecule has 0 aromatic carbocycles. The lowest BCUT2D eigenvalue weighted by atomic mass is 9.99. The van der Waals surface area contributed by atoms with Crippen LogP contribution in [-0.4, -0.2) is 15.1 Å². The van der Waals surface area contributed by atoms with E-state index < -0.39 is 5.54 Å². The molecular weight excluding hydrogens is 288 g/mol. The number of hydrogen-bond acceptors (Lipinski definition) is 7. The van der Waals surface area contributed by atoms with Crippen molar-refractivity contribution in [1.29, 1.82) is 0 Å². The Balaban J connectivity index is 1.64. The summed E-state index contributed by atoms with van der Waals surface area (Å²) in [6, 6.07) is 1.87. The van der Waals surface area contributed by atoms with Crippen molar-refractivity contribution in [3.63, 3.8) is 0 Å². The van der Waals surface area contributed by atoms with E-state index in [1.807, 2.05) is 11.4 Å². The van der Waals surface area contributed by atoms with Crippen LogP contribution in [0, 0.1) is 0 Å². The molecule has 0 bridgehead atoms. The molecule has 1 saturated carbocycles. The van der Waals surface area contributed by atoms with Gasteiger partial charge in [0.05, 0.1) is 11.8 Å². The SMILES string of the molecule is NC1(c2noc(-c3csc(-c4ccoc4)n3)n2)CCCC1. The molecule has 0 saturated heterocycles. The third-order valence-corrected chi connectivity index (χ3v) is 4.75. The molecule has 4 rings (SSSR count). The Bertz CT molecular complexity index is 741. The maximum absolute atomic E-state index is 6.34. The maximum atomic E-state index is 6.34. The van der Waals surface area contributed by atoms with Gasteiger partial charge in [-0.25, -0.2) is 4.98 Å². The van der Waals surface area contributed by atoms with E-state index >= 15 is 0 Å². The van der Waals surface area contributed by atoms with Crippen LogP contribution >= 0.6 is 11.3 Å². The standard InChI is InChI=1S/C14H14N4O2S/c15-14(4-1-2-5-14)13-17-11(20-18-13)10-8-21-12(16-10)9-3-6-19-7-9/h3,6-8H,1-2,4-5,15H2. The van der Waals surface area contributed by atoms with Crippen molar-refractivity contribution >= 4 is 11.3 Å². The van der Waals surface area contributed by atoms with Crippen LogP contribution in [0.4, 0.5) is 0 Å². The second kappa shape index (κ2) is 4.78. The highest BCUT2D eigenvalue weighted by Gasteiger charge is 2.36. The third kappa shape index (κ3) is 2.18. The molecule has 2 N–H and O–H groups in total. The summed E-state index contributed by atoms with van der Waals surface area (Å²) in [6.45, 7) is 0. The fourth-order valence-corrected chi connectivity index (χ4v) is 3.43. The minimum Gasteiger partial charge on any atom is -0.472 e. The molecule has 7 heteroatoms. The fraction of sp³-hybridized carbons (Fsp3) is 0.357. The molecule has 1 fully saturated rings. The van der Waals surface area contributed by atoms with Gasteiger partial charge in [-0.2, -0.15) is 4.98 Å². The first-order valence-corrected chi connectivity index (χ1v) is 7.74. The van der Waals surface area contributed by atoms with Gasteiger partial charge in [-0.1, -0.05) is 18.0 Å². The minimum absolute atomic E-state index is 0.424. The van der Waals surface area contributed by atoms with Crippen molar-refractivity contribution in [2.75, 3.05) is 0 Å². The molecular formula is C14H14N4O2S. The van der Waals surface area contributed by atoms with E-state index in [2.05, 4.69) is 15.1 Å². The molecule has 0 unspecified atom stereocenters. The Labute approximate surface area is 125 Å². The molecule has 6 nitrogen and oxygen atoms in total. The monoisotopic (exact) mass is 302 g/mol. The Morgan fingerprint density at radius 3 is 2.86 bits per heavy atom. The Morgan fingerprint density at radius 1 is 1.24 bits per heavy atom. The van der Waals surface area contributed by atoms with E-state index in [1.165, 1.54) is 11.3 Å². The van der Waals surface area contributed by atoms with Gasteiger partial charge in [0.1, 0.15) is 17.0 Å². The summed E-state index contributed by atoms with van der Waals surface area (Å²) in [5, 5.41) is 6.82. The summed E-state index contributed by atoms with van der Waals surface area (Å²) in [5.74, 6) is 1.01. The lowest BCUT2D eigenvalue weighted by Crippen LogP contribution is -2.34. The molecule has 0 aliphatic heterocycles. The van der Waals surface area contributed by atoms with Crippen LogP contribution in [0.5, 0.6) is 0 Å². The van der Waals surface area contributed by atoms with Gasteiger partial charge in [-0.05, 0) is 18.9 Å². The summed E-state index contributed by atoms with van der Waals surface area (Å²) in [6.07, 6.45) is 7.32. The minimum atomic E-state index is -0.439. The number of hydrogen-bond donors (Lipinski definition) is 1. The number of nitrogens with zero attached hydrogens (tertiary/aromatic N) is 3. The first-order chi connectivity index (χ1) is 10.2.